The molecule has 2 rings (SSSR count). The summed E-state index contributed by atoms with van der Waals surface area (Å²) in [6.45, 7) is 2.85. The first-order valence-electron chi connectivity index (χ1n) is 6.93. The monoisotopic (exact) mass is 280 g/mol. The Morgan fingerprint density at radius 2 is 2.16 bits per heavy atom. The molecular weight excluding hydrogens is 256 g/mol. The highest BCUT2D eigenvalue weighted by molar-refractivity contribution is 7.10. The summed E-state index contributed by atoms with van der Waals surface area (Å²) in [4.78, 5) is 10.4. The van der Waals surface area contributed by atoms with Crippen molar-refractivity contribution >= 4 is 17.3 Å². The summed E-state index contributed by atoms with van der Waals surface area (Å²) >= 11 is 1.78. The van der Waals surface area contributed by atoms with Gasteiger partial charge in [-0.05, 0) is 44.8 Å². The molecule has 0 spiro atoms. The fraction of sp³-hybridized carbons (Fsp3) is 0.643. The molecule has 1 fully saturated rings. The highest BCUT2D eigenvalue weighted by Gasteiger charge is 2.16. The quantitative estimate of drug-likeness (QED) is 0.679. The minimum absolute atomic E-state index is 0.323. The van der Waals surface area contributed by atoms with Crippen LogP contribution in [0.3, 0.4) is 0 Å². The number of nitrogens with zero attached hydrogens (tertiary/aromatic N) is 3. The second-order valence-corrected chi connectivity index (χ2v) is 6.22. The number of nitrogens with two attached hydrogens (primary N) is 1. The molecule has 0 aromatic carbocycles. The number of thiophene rings is 1. The van der Waals surface area contributed by atoms with Crippen LogP contribution in [-0.2, 0) is 0 Å². The zero-order chi connectivity index (χ0) is 13.7. The van der Waals surface area contributed by atoms with Gasteiger partial charge >= 0.3 is 0 Å². The largest absolute Gasteiger partial charge is 0.370 e. The van der Waals surface area contributed by atoms with Crippen LogP contribution in [0.1, 0.15) is 30.2 Å². The van der Waals surface area contributed by atoms with Crippen LogP contribution in [0.2, 0.25) is 0 Å². The van der Waals surface area contributed by atoms with E-state index in [-0.39, 0.29) is 0 Å². The Bertz CT molecular complexity index is 394. The molecule has 1 aliphatic rings. The first-order valence-corrected chi connectivity index (χ1v) is 7.81. The fourth-order valence-electron chi connectivity index (χ4n) is 2.39. The lowest BCUT2D eigenvalue weighted by Crippen LogP contribution is -2.41. The molecule has 4 nitrogen and oxygen atoms in total. The normalized spacial score (nSPS) is 18.9. The molecule has 0 bridgehead atoms. The SMILES string of the molecule is CN(C)C(CN=C(N)N1CCCCC1)c1cccs1. The van der Waals surface area contributed by atoms with Gasteiger partial charge in [0.15, 0.2) is 5.96 Å². The summed E-state index contributed by atoms with van der Waals surface area (Å²) in [6.07, 6.45) is 3.79. The number of aliphatic imine (C=N–C) groups is 1. The van der Waals surface area contributed by atoms with Gasteiger partial charge in [0, 0.05) is 18.0 Å². The molecule has 19 heavy (non-hydrogen) atoms. The van der Waals surface area contributed by atoms with Crippen molar-refractivity contribution in [1.82, 2.24) is 9.80 Å². The first-order chi connectivity index (χ1) is 9.18. The molecule has 0 amide bonds. The highest BCUT2D eigenvalue weighted by atomic mass is 32.1. The van der Waals surface area contributed by atoms with Gasteiger partial charge in [0.05, 0.1) is 12.6 Å². The second kappa shape index (κ2) is 6.91. The minimum Gasteiger partial charge on any atom is -0.370 e. The second-order valence-electron chi connectivity index (χ2n) is 5.24. The smallest absolute Gasteiger partial charge is 0.191 e. The number of piperidine rings is 1. The van der Waals surface area contributed by atoms with Gasteiger partial charge in [0.1, 0.15) is 0 Å². The van der Waals surface area contributed by atoms with E-state index >= 15 is 0 Å². The summed E-state index contributed by atoms with van der Waals surface area (Å²) in [5.74, 6) is 0.711. The summed E-state index contributed by atoms with van der Waals surface area (Å²) in [5, 5.41) is 2.11. The Morgan fingerprint density at radius 3 is 2.74 bits per heavy atom. The minimum atomic E-state index is 0.323. The van der Waals surface area contributed by atoms with E-state index in [1.165, 1.54) is 24.1 Å². The topological polar surface area (TPSA) is 44.9 Å². The summed E-state index contributed by atoms with van der Waals surface area (Å²) in [5.41, 5.74) is 6.11. The van der Waals surface area contributed by atoms with Crippen molar-refractivity contribution in [2.45, 2.75) is 25.3 Å². The molecule has 1 atom stereocenters. The maximum absolute atomic E-state index is 6.11. The van der Waals surface area contributed by atoms with Crippen LogP contribution in [0.25, 0.3) is 0 Å². The van der Waals surface area contributed by atoms with Crippen LogP contribution < -0.4 is 5.73 Å². The molecule has 1 aromatic rings. The fourth-order valence-corrected chi connectivity index (χ4v) is 3.31. The van der Waals surface area contributed by atoms with E-state index in [0.717, 1.165) is 19.6 Å². The third kappa shape index (κ3) is 3.94. The van der Waals surface area contributed by atoms with Gasteiger partial charge in [0.2, 0.25) is 0 Å². The van der Waals surface area contributed by atoms with Gasteiger partial charge in [-0.25, -0.2) is 0 Å². The molecule has 1 aromatic heterocycles. The van der Waals surface area contributed by atoms with Gasteiger partial charge in [-0.3, -0.25) is 4.99 Å². The standard InChI is InChI=1S/C14H24N4S/c1-17(2)12(13-7-6-10-19-13)11-16-14(15)18-8-4-3-5-9-18/h6-7,10,12H,3-5,8-9,11H2,1-2H3,(H2,15,16). The lowest BCUT2D eigenvalue weighted by molar-refractivity contribution is 0.305. The number of hydrogen-bond donors (Lipinski definition) is 1. The Kier molecular flexibility index (Phi) is 5.22. The zero-order valence-corrected chi connectivity index (χ0v) is 12.7. The summed E-state index contributed by atoms with van der Waals surface area (Å²) in [7, 11) is 4.19. The molecule has 0 radical (unpaired) electrons. The van der Waals surface area contributed by atoms with Gasteiger partial charge in [-0.2, -0.15) is 0 Å². The predicted molar refractivity (Wildman–Crippen MR) is 82.7 cm³/mol. The van der Waals surface area contributed by atoms with Crippen molar-refractivity contribution in [2.75, 3.05) is 33.7 Å². The van der Waals surface area contributed by atoms with E-state index in [0.29, 0.717) is 12.0 Å². The van der Waals surface area contributed by atoms with Crippen LogP contribution in [0, 0.1) is 0 Å². The summed E-state index contributed by atoms with van der Waals surface area (Å²) in [6, 6.07) is 4.58. The Hall–Kier alpha value is -1.07. The van der Waals surface area contributed by atoms with Crippen LogP contribution in [0.4, 0.5) is 0 Å². The molecule has 1 saturated heterocycles. The maximum atomic E-state index is 6.11. The molecule has 0 aliphatic carbocycles. The Balaban J connectivity index is 1.97. The Morgan fingerprint density at radius 1 is 1.42 bits per heavy atom. The zero-order valence-electron chi connectivity index (χ0n) is 11.9. The van der Waals surface area contributed by atoms with Crippen molar-refractivity contribution in [2.24, 2.45) is 10.7 Å². The van der Waals surface area contributed by atoms with E-state index in [4.69, 9.17) is 5.73 Å². The van der Waals surface area contributed by atoms with E-state index in [2.05, 4.69) is 46.4 Å². The van der Waals surface area contributed by atoms with Crippen molar-refractivity contribution in [3.63, 3.8) is 0 Å². The number of hydrogen-bond acceptors (Lipinski definition) is 3. The van der Waals surface area contributed by atoms with E-state index < -0.39 is 0 Å². The number of likely N-dealkylation sites (tertiary alicyclic amines) is 1. The summed E-state index contributed by atoms with van der Waals surface area (Å²) < 4.78 is 0. The average molecular weight is 280 g/mol. The van der Waals surface area contributed by atoms with Crippen LogP contribution >= 0.6 is 11.3 Å². The Labute approximate surface area is 119 Å². The average Bonchev–Trinajstić information content (AvgIpc) is 2.93. The van der Waals surface area contributed by atoms with Crippen molar-refractivity contribution in [3.05, 3.63) is 22.4 Å². The molecular formula is C14H24N4S. The number of likely N-dealkylation sites (N-methyl/N-ethyl adjacent to an activating group) is 1. The number of guanidine groups is 1. The van der Waals surface area contributed by atoms with Crippen LogP contribution in [-0.4, -0.2) is 49.5 Å². The molecule has 5 heteroatoms. The lowest BCUT2D eigenvalue weighted by atomic mass is 10.1. The van der Waals surface area contributed by atoms with Gasteiger partial charge in [-0.15, -0.1) is 11.3 Å². The van der Waals surface area contributed by atoms with E-state index in [9.17, 15) is 0 Å². The van der Waals surface area contributed by atoms with Gasteiger partial charge in [-0.1, -0.05) is 6.07 Å². The predicted octanol–water partition coefficient (Wildman–Crippen LogP) is 2.15. The van der Waals surface area contributed by atoms with Crippen molar-refractivity contribution in [3.8, 4) is 0 Å². The molecule has 1 unspecified atom stereocenters. The molecule has 106 valence electrons. The molecule has 1 aliphatic heterocycles. The molecule has 2 heterocycles. The third-order valence-corrected chi connectivity index (χ3v) is 4.57. The number of rotatable bonds is 4. The van der Waals surface area contributed by atoms with Crippen LogP contribution in [0.5, 0.6) is 0 Å². The maximum Gasteiger partial charge on any atom is 0.191 e. The van der Waals surface area contributed by atoms with E-state index in [1.54, 1.807) is 11.3 Å². The third-order valence-electron chi connectivity index (χ3n) is 3.60. The first kappa shape index (κ1) is 14.3. The lowest BCUT2D eigenvalue weighted by Gasteiger charge is -2.28. The van der Waals surface area contributed by atoms with Gasteiger partial charge in [0.25, 0.3) is 0 Å². The molecule has 0 saturated carbocycles. The van der Waals surface area contributed by atoms with Crippen molar-refractivity contribution < 1.29 is 0 Å². The van der Waals surface area contributed by atoms with Gasteiger partial charge < -0.3 is 15.5 Å². The highest BCUT2D eigenvalue weighted by Crippen LogP contribution is 2.23. The van der Waals surface area contributed by atoms with E-state index in [1.807, 2.05) is 0 Å². The van der Waals surface area contributed by atoms with Crippen LogP contribution in [0.15, 0.2) is 22.5 Å². The van der Waals surface area contributed by atoms with Crippen molar-refractivity contribution in [1.29, 1.82) is 0 Å². The molecule has 2 N–H and O–H groups in total.